The van der Waals surface area contributed by atoms with Gasteiger partial charge in [-0.3, -0.25) is 9.79 Å². The summed E-state index contributed by atoms with van der Waals surface area (Å²) in [5, 5.41) is 7.10. The van der Waals surface area contributed by atoms with Crippen LogP contribution >= 0.6 is 0 Å². The van der Waals surface area contributed by atoms with Crippen LogP contribution in [0.4, 0.5) is 0 Å². The van der Waals surface area contributed by atoms with Gasteiger partial charge in [0.2, 0.25) is 5.91 Å². The second-order valence-electron chi connectivity index (χ2n) is 9.29. The highest BCUT2D eigenvalue weighted by molar-refractivity contribution is 5.81. The number of hydrogen-bond acceptors (Lipinski definition) is 2. The molecule has 3 fully saturated rings. The Morgan fingerprint density at radius 2 is 1.73 bits per heavy atom. The largest absolute Gasteiger partial charge is 0.356 e. The van der Waals surface area contributed by atoms with Gasteiger partial charge in [0.05, 0.1) is 0 Å². The minimum Gasteiger partial charge on any atom is -0.356 e. The van der Waals surface area contributed by atoms with Gasteiger partial charge in [0.15, 0.2) is 5.96 Å². The Morgan fingerprint density at radius 3 is 2.38 bits per heavy atom. The van der Waals surface area contributed by atoms with Crippen molar-refractivity contribution in [3.8, 4) is 0 Å². The topological polar surface area (TPSA) is 56.7 Å². The first-order valence-corrected chi connectivity index (χ1v) is 10.8. The lowest BCUT2D eigenvalue weighted by atomic mass is 9.78. The van der Waals surface area contributed by atoms with E-state index in [-0.39, 0.29) is 0 Å². The molecule has 0 aromatic rings. The summed E-state index contributed by atoms with van der Waals surface area (Å²) in [4.78, 5) is 19.1. The number of carbonyl (C=O) groups excluding carboxylic acids is 1. The van der Waals surface area contributed by atoms with Crippen molar-refractivity contribution in [2.24, 2.45) is 22.2 Å². The van der Waals surface area contributed by atoms with E-state index in [0.717, 1.165) is 50.8 Å². The van der Waals surface area contributed by atoms with Crippen LogP contribution in [0.1, 0.15) is 71.6 Å². The lowest BCUT2D eigenvalue weighted by Crippen LogP contribution is -2.48. The van der Waals surface area contributed by atoms with E-state index in [0.29, 0.717) is 23.3 Å². The van der Waals surface area contributed by atoms with Crippen LogP contribution in [0.25, 0.3) is 0 Å². The van der Waals surface area contributed by atoms with Crippen molar-refractivity contribution in [3.05, 3.63) is 0 Å². The van der Waals surface area contributed by atoms with E-state index in [4.69, 9.17) is 0 Å². The van der Waals surface area contributed by atoms with Crippen molar-refractivity contribution >= 4 is 11.9 Å². The van der Waals surface area contributed by atoms with Crippen molar-refractivity contribution in [2.75, 3.05) is 26.7 Å². The molecule has 2 saturated carbocycles. The van der Waals surface area contributed by atoms with Gasteiger partial charge >= 0.3 is 0 Å². The van der Waals surface area contributed by atoms with Crippen molar-refractivity contribution in [2.45, 2.75) is 77.7 Å². The fraction of sp³-hybridized carbons (Fsp3) is 0.905. The number of hydrogen-bond donors (Lipinski definition) is 2. The molecule has 2 aliphatic carbocycles. The zero-order valence-electron chi connectivity index (χ0n) is 17.0. The zero-order valence-corrected chi connectivity index (χ0v) is 17.0. The Kier molecular flexibility index (Phi) is 6.46. The highest BCUT2D eigenvalue weighted by atomic mass is 16.2. The highest BCUT2D eigenvalue weighted by Gasteiger charge is 2.34. The van der Waals surface area contributed by atoms with E-state index >= 15 is 0 Å². The normalized spacial score (nSPS) is 25.9. The maximum atomic E-state index is 12.6. The number of aliphatic imine (C=N–C) groups is 1. The molecular formula is C21H38N4O. The molecule has 3 rings (SSSR count). The molecule has 1 atom stereocenters. The second-order valence-corrected chi connectivity index (χ2v) is 9.29. The third-order valence-electron chi connectivity index (χ3n) is 6.94. The lowest BCUT2D eigenvalue weighted by molar-refractivity contribution is -0.134. The second kappa shape index (κ2) is 8.62. The molecule has 1 saturated heterocycles. The predicted octanol–water partition coefficient (Wildman–Crippen LogP) is 3.16. The van der Waals surface area contributed by atoms with E-state index in [2.05, 4.69) is 34.4 Å². The standard InChI is InChI=1S/C21H38N4O/c1-21(2,17-10-6-7-11-17)15-23-20(22-3)24-18-12-13-25(14-18)19(26)16-8-4-5-9-16/h16-18H,4-15H2,1-3H3,(H2,22,23,24). The van der Waals surface area contributed by atoms with Gasteiger partial charge in [0.1, 0.15) is 0 Å². The number of amides is 1. The molecular weight excluding hydrogens is 324 g/mol. The van der Waals surface area contributed by atoms with Crippen LogP contribution in [0.15, 0.2) is 4.99 Å². The monoisotopic (exact) mass is 362 g/mol. The zero-order chi connectivity index (χ0) is 18.6. The van der Waals surface area contributed by atoms with Gasteiger partial charge in [0.25, 0.3) is 0 Å². The molecule has 1 aliphatic heterocycles. The van der Waals surface area contributed by atoms with Gasteiger partial charge in [-0.05, 0) is 43.4 Å². The van der Waals surface area contributed by atoms with Crippen LogP contribution < -0.4 is 10.6 Å². The maximum absolute atomic E-state index is 12.6. The molecule has 148 valence electrons. The molecule has 0 radical (unpaired) electrons. The molecule has 5 heteroatoms. The van der Waals surface area contributed by atoms with Gasteiger partial charge in [-0.15, -0.1) is 0 Å². The number of likely N-dealkylation sites (tertiary alicyclic amines) is 1. The molecule has 0 spiro atoms. The Morgan fingerprint density at radius 1 is 1.08 bits per heavy atom. The van der Waals surface area contributed by atoms with Gasteiger partial charge in [-0.25, -0.2) is 0 Å². The first kappa shape index (κ1) is 19.5. The van der Waals surface area contributed by atoms with Crippen molar-refractivity contribution in [1.82, 2.24) is 15.5 Å². The quantitative estimate of drug-likeness (QED) is 0.583. The van der Waals surface area contributed by atoms with E-state index < -0.39 is 0 Å². The molecule has 1 amide bonds. The van der Waals surface area contributed by atoms with Gasteiger partial charge in [0, 0.05) is 38.6 Å². The minimum absolute atomic E-state index is 0.290. The predicted molar refractivity (Wildman–Crippen MR) is 107 cm³/mol. The fourth-order valence-corrected chi connectivity index (χ4v) is 5.06. The summed E-state index contributed by atoms with van der Waals surface area (Å²) >= 11 is 0. The summed E-state index contributed by atoms with van der Waals surface area (Å²) in [6, 6.07) is 0.321. The van der Waals surface area contributed by atoms with Crippen LogP contribution in [0.3, 0.4) is 0 Å². The van der Waals surface area contributed by atoms with Crippen LogP contribution in [0.2, 0.25) is 0 Å². The first-order valence-electron chi connectivity index (χ1n) is 10.8. The number of rotatable bonds is 5. The minimum atomic E-state index is 0.290. The molecule has 0 bridgehead atoms. The fourth-order valence-electron chi connectivity index (χ4n) is 5.06. The Labute approximate surface area is 159 Å². The summed E-state index contributed by atoms with van der Waals surface area (Å²) in [5.74, 6) is 2.38. The third-order valence-corrected chi connectivity index (χ3v) is 6.94. The number of nitrogens with one attached hydrogen (secondary N) is 2. The number of nitrogens with zero attached hydrogens (tertiary/aromatic N) is 2. The lowest BCUT2D eigenvalue weighted by Gasteiger charge is -2.32. The van der Waals surface area contributed by atoms with E-state index in [1.165, 1.54) is 38.5 Å². The molecule has 0 aromatic carbocycles. The number of guanidine groups is 1. The van der Waals surface area contributed by atoms with Gasteiger partial charge < -0.3 is 15.5 Å². The van der Waals surface area contributed by atoms with Crippen LogP contribution in [0.5, 0.6) is 0 Å². The Bertz CT molecular complexity index is 504. The van der Waals surface area contributed by atoms with Crippen LogP contribution in [0, 0.1) is 17.3 Å². The summed E-state index contributed by atoms with van der Waals surface area (Å²) in [6.07, 6.45) is 11.1. The Hall–Kier alpha value is -1.26. The summed E-state index contributed by atoms with van der Waals surface area (Å²) in [7, 11) is 1.84. The maximum Gasteiger partial charge on any atom is 0.225 e. The van der Waals surface area contributed by atoms with Gasteiger partial charge in [-0.2, -0.15) is 0 Å². The van der Waals surface area contributed by atoms with Crippen molar-refractivity contribution in [1.29, 1.82) is 0 Å². The molecule has 26 heavy (non-hydrogen) atoms. The molecule has 3 aliphatic rings. The van der Waals surface area contributed by atoms with E-state index in [9.17, 15) is 4.79 Å². The smallest absolute Gasteiger partial charge is 0.225 e. The average Bonchev–Trinajstić information content (AvgIpc) is 3.40. The SMILES string of the molecule is CN=C(NCC(C)(C)C1CCCC1)NC1CCN(C(=O)C2CCCC2)C1. The summed E-state index contributed by atoms with van der Waals surface area (Å²) < 4.78 is 0. The summed E-state index contributed by atoms with van der Waals surface area (Å²) in [5.41, 5.74) is 0.300. The van der Waals surface area contributed by atoms with Crippen molar-refractivity contribution < 1.29 is 4.79 Å². The number of carbonyl (C=O) groups is 1. The van der Waals surface area contributed by atoms with Gasteiger partial charge in [-0.1, -0.05) is 39.5 Å². The first-order chi connectivity index (χ1) is 12.5. The molecule has 0 aromatic heterocycles. The van der Waals surface area contributed by atoms with E-state index in [1.54, 1.807) is 0 Å². The molecule has 2 N–H and O–H groups in total. The molecule has 5 nitrogen and oxygen atoms in total. The molecule has 1 unspecified atom stereocenters. The van der Waals surface area contributed by atoms with Crippen molar-refractivity contribution in [3.63, 3.8) is 0 Å². The molecule has 1 heterocycles. The third kappa shape index (κ3) is 4.72. The Balaban J connectivity index is 1.44. The highest BCUT2D eigenvalue weighted by Crippen LogP contribution is 2.39. The van der Waals surface area contributed by atoms with Crippen LogP contribution in [-0.4, -0.2) is 49.5 Å². The average molecular weight is 363 g/mol. The van der Waals surface area contributed by atoms with Crippen LogP contribution in [-0.2, 0) is 4.79 Å². The van der Waals surface area contributed by atoms with E-state index in [1.807, 2.05) is 7.05 Å². The summed E-state index contributed by atoms with van der Waals surface area (Å²) in [6.45, 7) is 7.41.